The molecule has 27 heavy (non-hydrogen) atoms. The Morgan fingerprint density at radius 1 is 1.19 bits per heavy atom. The van der Waals surface area contributed by atoms with Gasteiger partial charge in [-0.3, -0.25) is 4.99 Å². The minimum absolute atomic E-state index is 0. The number of anilines is 1. The molecule has 2 heterocycles. The van der Waals surface area contributed by atoms with Gasteiger partial charge in [0, 0.05) is 52.5 Å². The first kappa shape index (κ1) is 22.2. The molecule has 1 aliphatic carbocycles. The number of aromatic nitrogens is 1. The third kappa shape index (κ3) is 5.94. The highest BCUT2D eigenvalue weighted by molar-refractivity contribution is 14.0. The number of hydrogen-bond donors (Lipinski definition) is 2. The van der Waals surface area contributed by atoms with Crippen molar-refractivity contribution in [2.45, 2.75) is 39.2 Å². The highest BCUT2D eigenvalue weighted by Crippen LogP contribution is 2.42. The molecule has 0 aromatic carbocycles. The zero-order chi connectivity index (χ0) is 18.4. The molecule has 1 aromatic rings. The Labute approximate surface area is 181 Å². The number of halogens is 1. The van der Waals surface area contributed by atoms with Crippen molar-refractivity contribution in [2.75, 3.05) is 51.7 Å². The summed E-state index contributed by atoms with van der Waals surface area (Å²) in [6.45, 7) is 8.37. The summed E-state index contributed by atoms with van der Waals surface area (Å²) in [6, 6.07) is 4.30. The molecule has 7 heteroatoms. The molecule has 0 unspecified atom stereocenters. The van der Waals surface area contributed by atoms with Crippen molar-refractivity contribution in [1.29, 1.82) is 0 Å². The minimum atomic E-state index is 0. The van der Waals surface area contributed by atoms with Gasteiger partial charge in [-0.05, 0) is 43.4 Å². The molecule has 0 radical (unpaired) electrons. The number of likely N-dealkylation sites (N-methyl/N-ethyl adjacent to an activating group) is 1. The summed E-state index contributed by atoms with van der Waals surface area (Å²) in [6.07, 6.45) is 7.27. The van der Waals surface area contributed by atoms with Gasteiger partial charge in [0.2, 0.25) is 0 Å². The zero-order valence-corrected chi connectivity index (χ0v) is 19.3. The predicted molar refractivity (Wildman–Crippen MR) is 124 cm³/mol. The van der Waals surface area contributed by atoms with Crippen LogP contribution in [0, 0.1) is 5.41 Å². The first-order valence-electron chi connectivity index (χ1n) is 9.97. The third-order valence-electron chi connectivity index (χ3n) is 6.12. The van der Waals surface area contributed by atoms with Crippen molar-refractivity contribution in [3.63, 3.8) is 0 Å². The maximum absolute atomic E-state index is 4.66. The second-order valence-corrected chi connectivity index (χ2v) is 7.80. The lowest BCUT2D eigenvalue weighted by molar-refractivity contribution is 0.131. The van der Waals surface area contributed by atoms with Gasteiger partial charge >= 0.3 is 0 Å². The number of guanidine groups is 1. The summed E-state index contributed by atoms with van der Waals surface area (Å²) < 4.78 is 0. The highest BCUT2D eigenvalue weighted by atomic mass is 127. The van der Waals surface area contributed by atoms with E-state index in [4.69, 9.17) is 0 Å². The van der Waals surface area contributed by atoms with Crippen molar-refractivity contribution < 1.29 is 0 Å². The smallest absolute Gasteiger partial charge is 0.191 e. The molecule has 3 rings (SSSR count). The van der Waals surface area contributed by atoms with Crippen molar-refractivity contribution in [3.05, 3.63) is 23.9 Å². The summed E-state index contributed by atoms with van der Waals surface area (Å²) in [4.78, 5) is 13.7. The fourth-order valence-corrected chi connectivity index (χ4v) is 3.75. The first-order chi connectivity index (χ1) is 12.6. The van der Waals surface area contributed by atoms with E-state index in [9.17, 15) is 0 Å². The maximum Gasteiger partial charge on any atom is 0.191 e. The number of rotatable bonds is 6. The van der Waals surface area contributed by atoms with E-state index >= 15 is 0 Å². The monoisotopic (exact) mass is 486 g/mol. The molecule has 2 aliphatic rings. The van der Waals surface area contributed by atoms with Gasteiger partial charge in [0.05, 0.1) is 0 Å². The molecule has 0 atom stereocenters. The molecule has 6 nitrogen and oxygen atoms in total. The van der Waals surface area contributed by atoms with Gasteiger partial charge in [-0.2, -0.15) is 0 Å². The summed E-state index contributed by atoms with van der Waals surface area (Å²) in [5, 5.41) is 6.92. The highest BCUT2D eigenvalue weighted by Gasteiger charge is 2.34. The molecule has 0 spiro atoms. The lowest BCUT2D eigenvalue weighted by atomic mass is 9.67. The molecular formula is C20H35IN6. The molecule has 1 saturated carbocycles. The van der Waals surface area contributed by atoms with Gasteiger partial charge < -0.3 is 20.4 Å². The van der Waals surface area contributed by atoms with Crippen molar-refractivity contribution in [1.82, 2.24) is 20.5 Å². The van der Waals surface area contributed by atoms with E-state index in [0.717, 1.165) is 51.0 Å². The third-order valence-corrected chi connectivity index (χ3v) is 6.12. The number of aliphatic imine (C=N–C) groups is 1. The zero-order valence-electron chi connectivity index (χ0n) is 17.0. The van der Waals surface area contributed by atoms with E-state index in [2.05, 4.69) is 56.5 Å². The molecule has 152 valence electrons. The number of piperazine rings is 1. The van der Waals surface area contributed by atoms with Crippen molar-refractivity contribution in [2.24, 2.45) is 10.4 Å². The quantitative estimate of drug-likeness (QED) is 0.368. The lowest BCUT2D eigenvalue weighted by Crippen LogP contribution is -2.46. The summed E-state index contributed by atoms with van der Waals surface area (Å²) in [5.41, 5.74) is 1.67. The normalized spacial score (nSPS) is 19.8. The molecule has 2 fully saturated rings. The molecule has 1 saturated heterocycles. The lowest BCUT2D eigenvalue weighted by Gasteiger charge is -2.41. The van der Waals surface area contributed by atoms with Crippen LogP contribution in [0.3, 0.4) is 0 Å². The fraction of sp³-hybridized carbons (Fsp3) is 0.700. The molecule has 2 N–H and O–H groups in total. The van der Waals surface area contributed by atoms with E-state index in [-0.39, 0.29) is 24.0 Å². The molecule has 1 aliphatic heterocycles. The second kappa shape index (κ2) is 10.5. The van der Waals surface area contributed by atoms with Crippen LogP contribution in [-0.4, -0.2) is 62.7 Å². The molecule has 0 bridgehead atoms. The number of hydrogen-bond acceptors (Lipinski definition) is 4. The standard InChI is InChI=1S/C20H34N6.HI/c1-4-20(8-5-9-20)16-24-19(21-2)23-15-17-6-7-18(22-14-17)26-12-10-25(3)11-13-26;/h6-7,14H,4-5,8-13,15-16H2,1-3H3,(H2,21,23,24);1H. The number of pyridine rings is 1. The van der Waals surface area contributed by atoms with Gasteiger partial charge in [0.1, 0.15) is 5.82 Å². The number of nitrogens with zero attached hydrogens (tertiary/aromatic N) is 4. The van der Waals surface area contributed by atoms with Crippen LogP contribution < -0.4 is 15.5 Å². The van der Waals surface area contributed by atoms with Gasteiger partial charge in [0.15, 0.2) is 5.96 Å². The average Bonchev–Trinajstić information content (AvgIpc) is 2.65. The Hall–Kier alpha value is -1.09. The van der Waals surface area contributed by atoms with E-state index in [1.54, 1.807) is 0 Å². The second-order valence-electron chi connectivity index (χ2n) is 7.80. The summed E-state index contributed by atoms with van der Waals surface area (Å²) >= 11 is 0. The Kier molecular flexibility index (Phi) is 8.60. The van der Waals surface area contributed by atoms with E-state index in [1.807, 2.05) is 13.2 Å². The van der Waals surface area contributed by atoms with Crippen molar-refractivity contribution in [3.8, 4) is 0 Å². The van der Waals surface area contributed by atoms with Gasteiger partial charge in [-0.1, -0.05) is 19.4 Å². The van der Waals surface area contributed by atoms with Crippen LogP contribution in [0.25, 0.3) is 0 Å². The SMILES string of the molecule is CCC1(CNC(=NC)NCc2ccc(N3CCN(C)CC3)nc2)CCC1.I. The molecule has 1 aromatic heterocycles. The van der Waals surface area contributed by atoms with Gasteiger partial charge in [0.25, 0.3) is 0 Å². The van der Waals surface area contributed by atoms with E-state index in [0.29, 0.717) is 5.41 Å². The van der Waals surface area contributed by atoms with Crippen LogP contribution in [0.1, 0.15) is 38.2 Å². The van der Waals surface area contributed by atoms with Crippen LogP contribution in [0.5, 0.6) is 0 Å². The van der Waals surface area contributed by atoms with Crippen LogP contribution in [0.2, 0.25) is 0 Å². The fourth-order valence-electron chi connectivity index (χ4n) is 3.75. The predicted octanol–water partition coefficient (Wildman–Crippen LogP) is 2.70. The average molecular weight is 486 g/mol. The van der Waals surface area contributed by atoms with E-state index < -0.39 is 0 Å². The summed E-state index contributed by atoms with van der Waals surface area (Å²) in [5.74, 6) is 1.96. The van der Waals surface area contributed by atoms with Crippen LogP contribution in [-0.2, 0) is 6.54 Å². The van der Waals surface area contributed by atoms with Gasteiger partial charge in [-0.15, -0.1) is 24.0 Å². The summed E-state index contributed by atoms with van der Waals surface area (Å²) in [7, 11) is 4.01. The molecular weight excluding hydrogens is 451 g/mol. The maximum atomic E-state index is 4.66. The Bertz CT molecular complexity index is 585. The van der Waals surface area contributed by atoms with E-state index in [1.165, 1.54) is 31.2 Å². The van der Waals surface area contributed by atoms with Crippen LogP contribution in [0.15, 0.2) is 23.3 Å². The minimum Gasteiger partial charge on any atom is -0.356 e. The topological polar surface area (TPSA) is 55.8 Å². The largest absolute Gasteiger partial charge is 0.356 e. The Morgan fingerprint density at radius 2 is 1.93 bits per heavy atom. The first-order valence-corrected chi connectivity index (χ1v) is 9.97. The molecule has 0 amide bonds. The van der Waals surface area contributed by atoms with Gasteiger partial charge in [-0.25, -0.2) is 4.98 Å². The Morgan fingerprint density at radius 3 is 2.44 bits per heavy atom. The number of nitrogens with one attached hydrogen (secondary N) is 2. The van der Waals surface area contributed by atoms with Crippen LogP contribution in [0.4, 0.5) is 5.82 Å². The van der Waals surface area contributed by atoms with Crippen molar-refractivity contribution >= 4 is 35.8 Å². The van der Waals surface area contributed by atoms with Crippen LogP contribution >= 0.6 is 24.0 Å². The Balaban J connectivity index is 0.00000261.